The van der Waals surface area contributed by atoms with Crippen molar-refractivity contribution in [1.29, 1.82) is 0 Å². The summed E-state index contributed by atoms with van der Waals surface area (Å²) < 4.78 is 2.46. The number of hydrogen-bond donors (Lipinski definition) is 1. The molecular weight excluding hydrogens is 346 g/mol. The smallest absolute Gasteiger partial charge is 0.229 e. The van der Waals surface area contributed by atoms with Crippen LogP contribution in [0.2, 0.25) is 0 Å². The fourth-order valence-electron chi connectivity index (χ4n) is 4.01. The summed E-state index contributed by atoms with van der Waals surface area (Å²) in [5, 5.41) is 3.05. The molecule has 1 N–H and O–H groups in total. The molecular formula is C24H37N3O. The standard InChI is InChI=1S/C24H37N3O/c1-7-24(5,6)21-26-19-15-18(25-22(28)23(2,3)4)13-14-20(19)27(21)16-17-11-9-8-10-12-17/h13-15,17H,7-12,16H2,1-6H3,(H,25,28). The molecule has 0 saturated heterocycles. The topological polar surface area (TPSA) is 46.9 Å². The number of rotatable bonds is 5. The van der Waals surface area contributed by atoms with Crippen molar-refractivity contribution in [3.05, 3.63) is 24.0 Å². The SMILES string of the molecule is CCC(C)(C)c1nc2cc(NC(=O)C(C)(C)C)ccc2n1CC1CCCCC1. The molecule has 0 unspecified atom stereocenters. The number of carbonyl (C=O) groups is 1. The number of nitrogens with zero attached hydrogens (tertiary/aromatic N) is 2. The lowest BCUT2D eigenvalue weighted by Gasteiger charge is -2.27. The van der Waals surface area contributed by atoms with Gasteiger partial charge in [0.05, 0.1) is 11.0 Å². The predicted molar refractivity (Wildman–Crippen MR) is 118 cm³/mol. The maximum atomic E-state index is 12.4. The zero-order chi connectivity index (χ0) is 20.5. The van der Waals surface area contributed by atoms with Crippen molar-refractivity contribution in [2.24, 2.45) is 11.3 Å². The molecule has 1 amide bonds. The molecule has 0 atom stereocenters. The van der Waals surface area contributed by atoms with Crippen LogP contribution in [0.4, 0.5) is 5.69 Å². The van der Waals surface area contributed by atoms with E-state index >= 15 is 0 Å². The fourth-order valence-corrected chi connectivity index (χ4v) is 4.01. The summed E-state index contributed by atoms with van der Waals surface area (Å²) in [4.78, 5) is 17.4. The molecule has 1 saturated carbocycles. The number of amides is 1. The molecule has 1 aliphatic carbocycles. The number of benzene rings is 1. The van der Waals surface area contributed by atoms with E-state index in [1.807, 2.05) is 32.9 Å². The highest BCUT2D eigenvalue weighted by atomic mass is 16.2. The number of nitrogens with one attached hydrogen (secondary N) is 1. The van der Waals surface area contributed by atoms with E-state index in [-0.39, 0.29) is 11.3 Å². The molecule has 1 heterocycles. The second-order valence-electron chi connectivity index (χ2n) is 10.2. The first kappa shape index (κ1) is 20.9. The van der Waals surface area contributed by atoms with E-state index in [0.717, 1.165) is 30.1 Å². The summed E-state index contributed by atoms with van der Waals surface area (Å²) in [6.45, 7) is 13.7. The van der Waals surface area contributed by atoms with Crippen LogP contribution < -0.4 is 5.32 Å². The molecule has 0 aliphatic heterocycles. The Kier molecular flexibility index (Phi) is 5.88. The van der Waals surface area contributed by atoms with Crippen molar-refractivity contribution >= 4 is 22.6 Å². The zero-order valence-electron chi connectivity index (χ0n) is 18.6. The molecule has 1 fully saturated rings. The van der Waals surface area contributed by atoms with Crippen molar-refractivity contribution in [1.82, 2.24) is 9.55 Å². The van der Waals surface area contributed by atoms with Gasteiger partial charge in [0.15, 0.2) is 0 Å². The highest BCUT2D eigenvalue weighted by Crippen LogP contribution is 2.34. The van der Waals surface area contributed by atoms with Gasteiger partial charge in [0, 0.05) is 23.1 Å². The van der Waals surface area contributed by atoms with Crippen LogP contribution in [0, 0.1) is 11.3 Å². The number of carbonyl (C=O) groups excluding carboxylic acids is 1. The molecule has 2 aromatic rings. The molecule has 1 aromatic carbocycles. The maximum absolute atomic E-state index is 12.4. The fraction of sp³-hybridized carbons (Fsp3) is 0.667. The third kappa shape index (κ3) is 4.42. The first-order valence-corrected chi connectivity index (χ1v) is 10.9. The van der Waals surface area contributed by atoms with E-state index in [2.05, 4.69) is 36.7 Å². The third-order valence-electron chi connectivity index (χ3n) is 6.34. The van der Waals surface area contributed by atoms with Crippen molar-refractivity contribution in [2.75, 3.05) is 5.32 Å². The van der Waals surface area contributed by atoms with E-state index in [9.17, 15) is 4.79 Å². The molecule has 1 aromatic heterocycles. The van der Waals surface area contributed by atoms with E-state index in [1.54, 1.807) is 0 Å². The van der Waals surface area contributed by atoms with Crippen LogP contribution in [0.1, 0.15) is 85.9 Å². The van der Waals surface area contributed by atoms with Gasteiger partial charge in [-0.3, -0.25) is 4.79 Å². The van der Waals surface area contributed by atoms with Crippen LogP contribution in [-0.4, -0.2) is 15.5 Å². The Morgan fingerprint density at radius 1 is 1.14 bits per heavy atom. The van der Waals surface area contributed by atoms with Gasteiger partial charge >= 0.3 is 0 Å². The highest BCUT2D eigenvalue weighted by Gasteiger charge is 2.28. The first-order valence-electron chi connectivity index (χ1n) is 10.9. The van der Waals surface area contributed by atoms with Crippen LogP contribution in [-0.2, 0) is 16.8 Å². The van der Waals surface area contributed by atoms with E-state index in [0.29, 0.717) is 0 Å². The van der Waals surface area contributed by atoms with Gasteiger partial charge in [-0.15, -0.1) is 0 Å². The van der Waals surface area contributed by atoms with Gasteiger partial charge in [-0.2, -0.15) is 0 Å². The molecule has 0 radical (unpaired) electrons. The van der Waals surface area contributed by atoms with Crippen LogP contribution in [0.15, 0.2) is 18.2 Å². The van der Waals surface area contributed by atoms with Crippen LogP contribution in [0.3, 0.4) is 0 Å². The lowest BCUT2D eigenvalue weighted by atomic mass is 9.87. The lowest BCUT2D eigenvalue weighted by molar-refractivity contribution is -0.123. The van der Waals surface area contributed by atoms with Crippen molar-refractivity contribution in [3.8, 4) is 0 Å². The minimum atomic E-state index is -0.412. The second-order valence-corrected chi connectivity index (χ2v) is 10.2. The molecule has 4 heteroatoms. The Balaban J connectivity index is 1.99. The first-order chi connectivity index (χ1) is 13.1. The summed E-state index contributed by atoms with van der Waals surface area (Å²) in [6, 6.07) is 6.19. The van der Waals surface area contributed by atoms with Crippen molar-refractivity contribution in [3.63, 3.8) is 0 Å². The second kappa shape index (κ2) is 7.88. The summed E-state index contributed by atoms with van der Waals surface area (Å²) in [6.07, 6.45) is 7.79. The quantitative estimate of drug-likeness (QED) is 0.659. The third-order valence-corrected chi connectivity index (χ3v) is 6.34. The van der Waals surface area contributed by atoms with Gasteiger partial charge in [0.25, 0.3) is 0 Å². The number of hydrogen-bond acceptors (Lipinski definition) is 2. The van der Waals surface area contributed by atoms with Gasteiger partial charge in [-0.05, 0) is 43.4 Å². The largest absolute Gasteiger partial charge is 0.327 e. The molecule has 154 valence electrons. The van der Waals surface area contributed by atoms with Gasteiger partial charge < -0.3 is 9.88 Å². The molecule has 4 nitrogen and oxygen atoms in total. The molecule has 0 bridgehead atoms. The van der Waals surface area contributed by atoms with E-state index in [4.69, 9.17) is 4.98 Å². The highest BCUT2D eigenvalue weighted by molar-refractivity contribution is 5.96. The van der Waals surface area contributed by atoms with Gasteiger partial charge in [-0.1, -0.05) is 60.8 Å². The van der Waals surface area contributed by atoms with Crippen molar-refractivity contribution in [2.45, 2.75) is 92.0 Å². The molecule has 28 heavy (non-hydrogen) atoms. The van der Waals surface area contributed by atoms with Gasteiger partial charge in [0.1, 0.15) is 5.82 Å². The Bertz CT molecular complexity index is 835. The number of imidazole rings is 1. The molecule has 0 spiro atoms. The Morgan fingerprint density at radius 3 is 2.43 bits per heavy atom. The summed E-state index contributed by atoms with van der Waals surface area (Å²) in [7, 11) is 0. The van der Waals surface area contributed by atoms with Gasteiger partial charge in [0.2, 0.25) is 5.91 Å². The summed E-state index contributed by atoms with van der Waals surface area (Å²) >= 11 is 0. The van der Waals surface area contributed by atoms with E-state index < -0.39 is 5.41 Å². The molecule has 1 aliphatic rings. The summed E-state index contributed by atoms with van der Waals surface area (Å²) in [5.41, 5.74) is 2.62. The monoisotopic (exact) mass is 383 g/mol. The zero-order valence-corrected chi connectivity index (χ0v) is 18.6. The predicted octanol–water partition coefficient (Wildman–Crippen LogP) is 6.29. The normalized spacial score (nSPS) is 16.5. The minimum Gasteiger partial charge on any atom is -0.327 e. The maximum Gasteiger partial charge on any atom is 0.229 e. The van der Waals surface area contributed by atoms with Gasteiger partial charge in [-0.25, -0.2) is 4.98 Å². The average Bonchev–Trinajstić information content (AvgIpc) is 3.00. The molecule has 3 rings (SSSR count). The Hall–Kier alpha value is -1.84. The Morgan fingerprint density at radius 2 is 1.82 bits per heavy atom. The van der Waals surface area contributed by atoms with Crippen LogP contribution in [0.5, 0.6) is 0 Å². The number of aromatic nitrogens is 2. The number of fused-ring (bicyclic) bond motifs is 1. The lowest BCUT2D eigenvalue weighted by Crippen LogP contribution is -2.27. The Labute approximate surface area is 170 Å². The average molecular weight is 384 g/mol. The van der Waals surface area contributed by atoms with Crippen molar-refractivity contribution < 1.29 is 4.79 Å². The minimum absolute atomic E-state index is 0.0302. The summed E-state index contributed by atoms with van der Waals surface area (Å²) in [5.74, 6) is 1.95. The van der Waals surface area contributed by atoms with E-state index in [1.165, 1.54) is 43.4 Å². The van der Waals surface area contributed by atoms with Crippen LogP contribution in [0.25, 0.3) is 11.0 Å². The van der Waals surface area contributed by atoms with Crippen LogP contribution >= 0.6 is 0 Å². The number of anilines is 1.